The summed E-state index contributed by atoms with van der Waals surface area (Å²) in [4.78, 5) is 0. The van der Waals surface area contributed by atoms with Crippen molar-refractivity contribution in [1.29, 1.82) is 0 Å². The molecule has 0 spiro atoms. The second kappa shape index (κ2) is 3.42. The van der Waals surface area contributed by atoms with Gasteiger partial charge in [0.1, 0.15) is 6.10 Å². The predicted octanol–water partition coefficient (Wildman–Crippen LogP) is 1.88. The fourth-order valence-electron chi connectivity index (χ4n) is 2.52. The molecular weight excluding hydrogens is 196 g/mol. The van der Waals surface area contributed by atoms with Crippen molar-refractivity contribution in [3.05, 3.63) is 0 Å². The molecule has 88 valence electrons. The molecule has 0 aromatic carbocycles. The lowest BCUT2D eigenvalue weighted by atomic mass is 9.95. The Morgan fingerprint density at radius 1 is 1.20 bits per heavy atom. The van der Waals surface area contributed by atoms with Crippen LogP contribution in [0.3, 0.4) is 0 Å². The third kappa shape index (κ3) is 1.60. The van der Waals surface area contributed by atoms with E-state index in [1.54, 1.807) is 7.11 Å². The van der Waals surface area contributed by atoms with Gasteiger partial charge in [0, 0.05) is 13.0 Å². The van der Waals surface area contributed by atoms with Crippen LogP contribution in [-0.2, 0) is 18.9 Å². The van der Waals surface area contributed by atoms with Gasteiger partial charge in [0.05, 0.1) is 0 Å². The van der Waals surface area contributed by atoms with E-state index in [0.717, 1.165) is 6.42 Å². The zero-order valence-electron chi connectivity index (χ0n) is 10.1. The fourth-order valence-corrected chi connectivity index (χ4v) is 2.52. The number of methoxy groups -OCH3 is 1. The molecule has 4 nitrogen and oxygen atoms in total. The van der Waals surface area contributed by atoms with Gasteiger partial charge in [0.2, 0.25) is 0 Å². The van der Waals surface area contributed by atoms with Gasteiger partial charge in [-0.2, -0.15) is 0 Å². The molecule has 1 unspecified atom stereocenters. The largest absolute Gasteiger partial charge is 0.353 e. The van der Waals surface area contributed by atoms with Crippen molar-refractivity contribution in [3.63, 3.8) is 0 Å². The van der Waals surface area contributed by atoms with Crippen LogP contribution in [0.2, 0.25) is 0 Å². The Bertz CT molecular complexity index is 247. The van der Waals surface area contributed by atoms with E-state index in [9.17, 15) is 0 Å². The summed E-state index contributed by atoms with van der Waals surface area (Å²) >= 11 is 0. The van der Waals surface area contributed by atoms with Crippen LogP contribution in [-0.4, -0.2) is 31.1 Å². The smallest absolute Gasteiger partial charge is 0.190 e. The topological polar surface area (TPSA) is 36.9 Å². The van der Waals surface area contributed by atoms with Gasteiger partial charge in [-0.3, -0.25) is 0 Å². The molecule has 15 heavy (non-hydrogen) atoms. The Hall–Kier alpha value is -0.160. The maximum Gasteiger partial charge on any atom is 0.190 e. The van der Waals surface area contributed by atoms with E-state index in [4.69, 9.17) is 18.9 Å². The maximum atomic E-state index is 5.85. The average Bonchev–Trinajstić information content (AvgIpc) is 2.59. The molecule has 2 rings (SSSR count). The van der Waals surface area contributed by atoms with Gasteiger partial charge in [0.25, 0.3) is 0 Å². The van der Waals surface area contributed by atoms with Crippen molar-refractivity contribution >= 4 is 0 Å². The van der Waals surface area contributed by atoms with E-state index in [1.807, 2.05) is 20.8 Å². The standard InChI is InChI=1S/C11H20O4/c1-6-11(12-5)7(2)8-9(15-11)14-10(3,4)13-8/h7-9H,6H2,1-5H3/t7-,8?,9+,11-/m1/s1. The van der Waals surface area contributed by atoms with E-state index in [-0.39, 0.29) is 18.3 Å². The Balaban J connectivity index is 2.17. The van der Waals surface area contributed by atoms with Crippen LogP contribution in [0, 0.1) is 5.92 Å². The summed E-state index contributed by atoms with van der Waals surface area (Å²) in [7, 11) is 1.67. The Morgan fingerprint density at radius 2 is 1.87 bits per heavy atom. The van der Waals surface area contributed by atoms with E-state index >= 15 is 0 Å². The summed E-state index contributed by atoms with van der Waals surface area (Å²) < 4.78 is 22.8. The summed E-state index contributed by atoms with van der Waals surface area (Å²) in [5, 5.41) is 0. The SMILES string of the molecule is CC[C@@]1(OC)O[C@@H]2OC(C)(C)OC2[C@H]1C. The minimum atomic E-state index is -0.550. The number of hydrogen-bond donors (Lipinski definition) is 0. The van der Waals surface area contributed by atoms with E-state index in [2.05, 4.69) is 6.92 Å². The first-order valence-electron chi connectivity index (χ1n) is 5.53. The van der Waals surface area contributed by atoms with Crippen molar-refractivity contribution < 1.29 is 18.9 Å². The van der Waals surface area contributed by atoms with Gasteiger partial charge >= 0.3 is 0 Å². The molecule has 2 aliphatic heterocycles. The van der Waals surface area contributed by atoms with Gasteiger partial charge in [-0.25, -0.2) is 0 Å². The predicted molar refractivity (Wildman–Crippen MR) is 54.1 cm³/mol. The molecule has 2 fully saturated rings. The Morgan fingerprint density at radius 3 is 2.33 bits per heavy atom. The lowest BCUT2D eigenvalue weighted by molar-refractivity contribution is -0.299. The Labute approximate surface area is 90.8 Å². The van der Waals surface area contributed by atoms with Crippen molar-refractivity contribution in [2.45, 2.75) is 58.1 Å². The molecule has 0 aromatic rings. The molecule has 4 atom stereocenters. The molecule has 4 heteroatoms. The normalized spacial score (nSPS) is 48.2. The summed E-state index contributed by atoms with van der Waals surface area (Å²) in [6, 6.07) is 0. The minimum absolute atomic E-state index is 0.0279. The maximum absolute atomic E-state index is 5.85. The minimum Gasteiger partial charge on any atom is -0.353 e. The zero-order valence-corrected chi connectivity index (χ0v) is 10.1. The number of fused-ring (bicyclic) bond motifs is 1. The van der Waals surface area contributed by atoms with Crippen molar-refractivity contribution in [2.75, 3.05) is 7.11 Å². The third-order valence-electron chi connectivity index (χ3n) is 3.43. The van der Waals surface area contributed by atoms with E-state index in [0.29, 0.717) is 0 Å². The lowest BCUT2D eigenvalue weighted by Crippen LogP contribution is -2.40. The summed E-state index contributed by atoms with van der Waals surface area (Å²) in [5.41, 5.74) is 0. The van der Waals surface area contributed by atoms with E-state index < -0.39 is 11.6 Å². The van der Waals surface area contributed by atoms with Crippen molar-refractivity contribution in [2.24, 2.45) is 5.92 Å². The van der Waals surface area contributed by atoms with E-state index in [1.165, 1.54) is 0 Å². The molecule has 0 aromatic heterocycles. The highest BCUT2D eigenvalue weighted by Gasteiger charge is 2.59. The van der Waals surface area contributed by atoms with Crippen molar-refractivity contribution in [3.8, 4) is 0 Å². The average molecular weight is 216 g/mol. The highest BCUT2D eigenvalue weighted by Crippen LogP contribution is 2.47. The number of hydrogen-bond acceptors (Lipinski definition) is 4. The molecule has 0 radical (unpaired) electrons. The first-order valence-corrected chi connectivity index (χ1v) is 5.53. The van der Waals surface area contributed by atoms with Gasteiger partial charge in [-0.15, -0.1) is 0 Å². The summed E-state index contributed by atoms with van der Waals surface area (Å²) in [5.74, 6) is -0.914. The molecule has 0 saturated carbocycles. The van der Waals surface area contributed by atoms with Gasteiger partial charge in [0.15, 0.2) is 17.9 Å². The molecular formula is C11H20O4. The van der Waals surface area contributed by atoms with Crippen LogP contribution in [0.25, 0.3) is 0 Å². The quantitative estimate of drug-likeness (QED) is 0.706. The van der Waals surface area contributed by atoms with Crippen LogP contribution in [0.4, 0.5) is 0 Å². The zero-order chi connectivity index (χ0) is 11.3. The van der Waals surface area contributed by atoms with Crippen LogP contribution in [0.5, 0.6) is 0 Å². The monoisotopic (exact) mass is 216 g/mol. The van der Waals surface area contributed by atoms with Crippen LogP contribution in [0.1, 0.15) is 34.1 Å². The summed E-state index contributed by atoms with van der Waals surface area (Å²) in [6.45, 7) is 7.94. The molecule has 2 heterocycles. The molecule has 0 bridgehead atoms. The highest BCUT2D eigenvalue weighted by atomic mass is 16.9. The molecule has 2 aliphatic rings. The first kappa shape index (κ1) is 11.3. The lowest BCUT2D eigenvalue weighted by Gasteiger charge is -2.33. The fraction of sp³-hybridized carbons (Fsp3) is 1.00. The van der Waals surface area contributed by atoms with Gasteiger partial charge < -0.3 is 18.9 Å². The molecule has 0 aliphatic carbocycles. The highest BCUT2D eigenvalue weighted by molar-refractivity contribution is 4.94. The van der Waals surface area contributed by atoms with Crippen molar-refractivity contribution in [1.82, 2.24) is 0 Å². The molecule has 0 amide bonds. The van der Waals surface area contributed by atoms with Crippen LogP contribution >= 0.6 is 0 Å². The second-order valence-electron chi connectivity index (χ2n) is 4.74. The van der Waals surface area contributed by atoms with Crippen LogP contribution in [0.15, 0.2) is 0 Å². The second-order valence-corrected chi connectivity index (χ2v) is 4.74. The first-order chi connectivity index (χ1) is 6.94. The van der Waals surface area contributed by atoms with Gasteiger partial charge in [-0.05, 0) is 20.3 Å². The third-order valence-corrected chi connectivity index (χ3v) is 3.43. The number of rotatable bonds is 2. The molecule has 0 N–H and O–H groups in total. The van der Waals surface area contributed by atoms with Gasteiger partial charge in [-0.1, -0.05) is 13.8 Å². The Kier molecular flexibility index (Phi) is 2.58. The molecule has 2 saturated heterocycles. The van der Waals surface area contributed by atoms with Crippen LogP contribution < -0.4 is 0 Å². The summed E-state index contributed by atoms with van der Waals surface area (Å²) in [6.07, 6.45) is 0.472. The number of ether oxygens (including phenoxy) is 4.